The number of fused-ring (bicyclic) bond motifs is 1. The highest BCUT2D eigenvalue weighted by Crippen LogP contribution is 2.37. The number of benzene rings is 1. The second kappa shape index (κ2) is 5.74. The largest absolute Gasteiger partial charge is 0.374 e. The van der Waals surface area contributed by atoms with E-state index in [0.717, 1.165) is 18.4 Å². The molecule has 20 heavy (non-hydrogen) atoms. The van der Waals surface area contributed by atoms with Crippen molar-refractivity contribution in [3.05, 3.63) is 29.3 Å². The molecule has 0 bridgehead atoms. The quantitative estimate of drug-likeness (QED) is 0.865. The Morgan fingerprint density at radius 1 is 1.45 bits per heavy atom. The Kier molecular flexibility index (Phi) is 3.99. The van der Waals surface area contributed by atoms with Crippen LogP contribution in [0.2, 0.25) is 0 Å². The van der Waals surface area contributed by atoms with Crippen LogP contribution in [-0.4, -0.2) is 26.7 Å². The van der Waals surface area contributed by atoms with Crippen molar-refractivity contribution in [2.75, 3.05) is 31.6 Å². The van der Waals surface area contributed by atoms with Gasteiger partial charge < -0.3 is 16.0 Å². The second-order valence-corrected chi connectivity index (χ2v) is 6.58. The summed E-state index contributed by atoms with van der Waals surface area (Å²) in [5.74, 6) is 1.77. The number of hydrogen-bond acceptors (Lipinski definition) is 3. The Bertz CT molecular complexity index is 471. The molecule has 0 spiro atoms. The van der Waals surface area contributed by atoms with Crippen LogP contribution >= 0.6 is 0 Å². The van der Waals surface area contributed by atoms with Crippen LogP contribution < -0.4 is 16.0 Å². The summed E-state index contributed by atoms with van der Waals surface area (Å²) in [4.78, 5) is 2.36. The van der Waals surface area contributed by atoms with Gasteiger partial charge in [0.25, 0.3) is 0 Å². The van der Waals surface area contributed by atoms with Gasteiger partial charge in [0.05, 0.1) is 0 Å². The SMILES string of the molecule is CC1CC1CNC(CN)c1ccc2c(c1)CCCN2C. The topological polar surface area (TPSA) is 41.3 Å². The minimum absolute atomic E-state index is 0.306. The molecule has 0 aromatic heterocycles. The molecule has 3 N–H and O–H groups in total. The van der Waals surface area contributed by atoms with Crippen LogP contribution in [0, 0.1) is 11.8 Å². The lowest BCUT2D eigenvalue weighted by atomic mass is 9.96. The summed E-state index contributed by atoms with van der Waals surface area (Å²) in [5.41, 5.74) is 10.2. The second-order valence-electron chi connectivity index (χ2n) is 6.58. The summed E-state index contributed by atoms with van der Waals surface area (Å²) in [6.07, 6.45) is 3.83. The van der Waals surface area contributed by atoms with Gasteiger partial charge in [-0.1, -0.05) is 19.1 Å². The molecule has 3 heteroatoms. The van der Waals surface area contributed by atoms with Crippen molar-refractivity contribution in [3.63, 3.8) is 0 Å². The molecule has 0 saturated heterocycles. The van der Waals surface area contributed by atoms with Gasteiger partial charge in [-0.2, -0.15) is 0 Å². The van der Waals surface area contributed by atoms with Crippen molar-refractivity contribution in [2.45, 2.75) is 32.2 Å². The lowest BCUT2D eigenvalue weighted by Crippen LogP contribution is -2.30. The van der Waals surface area contributed by atoms with Crippen LogP contribution in [0.1, 0.15) is 36.9 Å². The monoisotopic (exact) mass is 273 g/mol. The predicted octanol–water partition coefficient (Wildman–Crippen LogP) is 2.31. The fraction of sp³-hybridized carbons (Fsp3) is 0.647. The number of nitrogens with two attached hydrogens (primary N) is 1. The van der Waals surface area contributed by atoms with E-state index in [9.17, 15) is 0 Å². The van der Waals surface area contributed by atoms with E-state index in [1.165, 1.54) is 42.6 Å². The molecule has 1 aliphatic carbocycles. The highest BCUT2D eigenvalue weighted by atomic mass is 15.1. The molecule has 0 amide bonds. The molecule has 2 aliphatic rings. The first-order chi connectivity index (χ1) is 9.69. The van der Waals surface area contributed by atoms with Crippen molar-refractivity contribution >= 4 is 5.69 Å². The molecule has 3 rings (SSSR count). The summed E-state index contributed by atoms with van der Waals surface area (Å²) in [6, 6.07) is 7.20. The zero-order valence-corrected chi connectivity index (χ0v) is 12.7. The third-order valence-electron chi connectivity index (χ3n) is 5.00. The average Bonchev–Trinajstić information content (AvgIpc) is 3.15. The molecule has 1 aromatic rings. The molecular weight excluding hydrogens is 246 g/mol. The number of anilines is 1. The number of nitrogens with zero attached hydrogens (tertiary/aromatic N) is 1. The summed E-state index contributed by atoms with van der Waals surface area (Å²) in [6.45, 7) is 5.29. The number of nitrogens with one attached hydrogen (secondary N) is 1. The third-order valence-corrected chi connectivity index (χ3v) is 5.00. The molecule has 3 nitrogen and oxygen atoms in total. The first-order valence-electron chi connectivity index (χ1n) is 7.96. The van der Waals surface area contributed by atoms with E-state index < -0.39 is 0 Å². The number of hydrogen-bond donors (Lipinski definition) is 2. The van der Waals surface area contributed by atoms with E-state index in [-0.39, 0.29) is 0 Å². The van der Waals surface area contributed by atoms with Crippen LogP contribution in [0.5, 0.6) is 0 Å². The van der Waals surface area contributed by atoms with Crippen LogP contribution in [0.3, 0.4) is 0 Å². The molecule has 3 unspecified atom stereocenters. The summed E-state index contributed by atoms with van der Waals surface area (Å²) >= 11 is 0. The zero-order chi connectivity index (χ0) is 14.1. The van der Waals surface area contributed by atoms with Gasteiger partial charge in [-0.25, -0.2) is 0 Å². The third kappa shape index (κ3) is 2.84. The maximum absolute atomic E-state index is 5.98. The van der Waals surface area contributed by atoms with Crippen molar-refractivity contribution in [1.82, 2.24) is 5.32 Å². The first kappa shape index (κ1) is 13.9. The number of rotatable bonds is 5. The Labute approximate surface area is 122 Å². The Hall–Kier alpha value is -1.06. The molecule has 1 aliphatic heterocycles. The minimum Gasteiger partial charge on any atom is -0.374 e. The van der Waals surface area contributed by atoms with Crippen molar-refractivity contribution in [2.24, 2.45) is 17.6 Å². The summed E-state index contributed by atoms with van der Waals surface area (Å²) in [5, 5.41) is 3.66. The fourth-order valence-corrected chi connectivity index (χ4v) is 3.34. The van der Waals surface area contributed by atoms with Gasteiger partial charge in [0.2, 0.25) is 0 Å². The van der Waals surface area contributed by atoms with E-state index in [2.05, 4.69) is 42.4 Å². The van der Waals surface area contributed by atoms with E-state index in [1.807, 2.05) is 0 Å². The van der Waals surface area contributed by atoms with Gasteiger partial charge >= 0.3 is 0 Å². The summed E-state index contributed by atoms with van der Waals surface area (Å²) in [7, 11) is 2.19. The van der Waals surface area contributed by atoms with Crippen LogP contribution in [0.15, 0.2) is 18.2 Å². The molecule has 1 heterocycles. The maximum Gasteiger partial charge on any atom is 0.0444 e. The normalized spacial score (nSPS) is 26.2. The van der Waals surface area contributed by atoms with Gasteiger partial charge in [-0.05, 0) is 54.8 Å². The molecule has 0 radical (unpaired) electrons. The van der Waals surface area contributed by atoms with Gasteiger partial charge in [0, 0.05) is 31.9 Å². The van der Waals surface area contributed by atoms with Crippen molar-refractivity contribution in [3.8, 4) is 0 Å². The molecule has 1 aromatic carbocycles. The Balaban J connectivity index is 1.71. The Morgan fingerprint density at radius 2 is 2.25 bits per heavy atom. The van der Waals surface area contributed by atoms with E-state index in [0.29, 0.717) is 12.6 Å². The minimum atomic E-state index is 0.306. The highest BCUT2D eigenvalue weighted by molar-refractivity contribution is 5.56. The fourth-order valence-electron chi connectivity index (χ4n) is 3.34. The van der Waals surface area contributed by atoms with E-state index >= 15 is 0 Å². The predicted molar refractivity (Wildman–Crippen MR) is 85.1 cm³/mol. The molecule has 1 saturated carbocycles. The molecular formula is C17H27N3. The molecule has 1 fully saturated rings. The van der Waals surface area contributed by atoms with Crippen molar-refractivity contribution < 1.29 is 0 Å². The van der Waals surface area contributed by atoms with E-state index in [4.69, 9.17) is 5.73 Å². The standard InChI is InChI=1S/C17H27N3/c1-12-8-15(12)11-19-16(10-18)13-5-6-17-14(9-13)4-3-7-20(17)2/h5-6,9,12,15-16,19H,3-4,7-8,10-11,18H2,1-2H3. The van der Waals surface area contributed by atoms with Gasteiger partial charge in [0.15, 0.2) is 0 Å². The Morgan fingerprint density at radius 3 is 2.95 bits per heavy atom. The maximum atomic E-state index is 5.98. The zero-order valence-electron chi connectivity index (χ0n) is 12.7. The van der Waals surface area contributed by atoms with Gasteiger partial charge in [-0.3, -0.25) is 0 Å². The van der Waals surface area contributed by atoms with Crippen molar-refractivity contribution in [1.29, 1.82) is 0 Å². The van der Waals surface area contributed by atoms with Gasteiger partial charge in [0.1, 0.15) is 0 Å². The molecule has 110 valence electrons. The lowest BCUT2D eigenvalue weighted by molar-refractivity contribution is 0.511. The summed E-state index contributed by atoms with van der Waals surface area (Å²) < 4.78 is 0. The van der Waals surface area contributed by atoms with Gasteiger partial charge in [-0.15, -0.1) is 0 Å². The lowest BCUT2D eigenvalue weighted by Gasteiger charge is -2.29. The van der Waals surface area contributed by atoms with Crippen LogP contribution in [0.4, 0.5) is 5.69 Å². The number of aryl methyl sites for hydroxylation is 1. The average molecular weight is 273 g/mol. The first-order valence-corrected chi connectivity index (χ1v) is 7.96. The molecule has 3 atom stereocenters. The van der Waals surface area contributed by atoms with Crippen LogP contribution in [-0.2, 0) is 6.42 Å². The highest BCUT2D eigenvalue weighted by Gasteiger charge is 2.32. The van der Waals surface area contributed by atoms with Crippen LogP contribution in [0.25, 0.3) is 0 Å². The smallest absolute Gasteiger partial charge is 0.0444 e. The van der Waals surface area contributed by atoms with E-state index in [1.54, 1.807) is 0 Å².